The van der Waals surface area contributed by atoms with Gasteiger partial charge < -0.3 is 15.0 Å². The average molecular weight is 537 g/mol. The molecule has 2 aromatic carbocycles. The van der Waals surface area contributed by atoms with E-state index in [9.17, 15) is 22.4 Å². The van der Waals surface area contributed by atoms with Crippen molar-refractivity contribution in [2.45, 2.75) is 52.2 Å². The molecule has 0 heterocycles. The van der Waals surface area contributed by atoms with Crippen LogP contribution < -0.4 is 14.4 Å². The maximum absolute atomic E-state index is 13.8. The van der Waals surface area contributed by atoms with Crippen LogP contribution in [0.15, 0.2) is 48.5 Å². The van der Waals surface area contributed by atoms with Gasteiger partial charge in [-0.3, -0.25) is 9.59 Å². The molecule has 2 aromatic rings. The van der Waals surface area contributed by atoms with Crippen molar-refractivity contribution in [1.82, 2.24) is 14.5 Å². The van der Waals surface area contributed by atoms with Crippen molar-refractivity contribution in [3.63, 3.8) is 0 Å². The predicted octanol–water partition coefficient (Wildman–Crippen LogP) is 3.17. The summed E-state index contributed by atoms with van der Waals surface area (Å²) in [6.45, 7) is 6.76. The fourth-order valence-corrected chi connectivity index (χ4v) is 4.72. The molecule has 2 amide bonds. The molecule has 1 N–H and O–H groups in total. The number of nitrogens with zero attached hydrogens (tertiary/aromatic N) is 3. The normalized spacial score (nSPS) is 12.7. The lowest BCUT2D eigenvalue weighted by molar-refractivity contribution is -0.141. The number of ether oxygens (including phenoxy) is 1. The molecule has 1 atom stereocenters. The van der Waals surface area contributed by atoms with Gasteiger partial charge >= 0.3 is 10.2 Å². The Kier molecular flexibility index (Phi) is 10.0. The maximum Gasteiger partial charge on any atom is 0.304 e. The summed E-state index contributed by atoms with van der Waals surface area (Å²) in [5.74, 6) is -0.898. The molecule has 0 unspecified atom stereocenters. The lowest BCUT2D eigenvalue weighted by Gasteiger charge is -2.35. The number of benzene rings is 2. The molecule has 0 radical (unpaired) electrons. The number of halogens is 1. The molecule has 0 aliphatic rings. The second-order valence-electron chi connectivity index (χ2n) is 9.81. The van der Waals surface area contributed by atoms with E-state index in [1.807, 2.05) is 20.8 Å². The van der Waals surface area contributed by atoms with Crippen molar-refractivity contribution in [3.05, 3.63) is 59.9 Å². The largest absolute Gasteiger partial charge is 0.497 e. The molecule has 0 saturated carbocycles. The van der Waals surface area contributed by atoms with Crippen LogP contribution in [0.4, 0.5) is 10.1 Å². The second-order valence-corrected chi connectivity index (χ2v) is 11.9. The van der Waals surface area contributed by atoms with E-state index in [2.05, 4.69) is 5.32 Å². The molecule has 0 spiro atoms. The number of nitrogens with one attached hydrogen (secondary N) is 1. The zero-order chi connectivity index (χ0) is 28.0. The SMILES string of the molecule is CC[C@@H](C(=O)NC(C)(C)C)N(Cc1cccc(OC)c1)C(=O)CN(c1ccc(F)cc1)S(=O)(=O)N(C)C. The number of hydrogen-bond donors (Lipinski definition) is 1. The predicted molar refractivity (Wildman–Crippen MR) is 142 cm³/mol. The van der Waals surface area contributed by atoms with Gasteiger partial charge in [0.2, 0.25) is 11.8 Å². The van der Waals surface area contributed by atoms with Crippen molar-refractivity contribution in [2.75, 3.05) is 32.1 Å². The Hall–Kier alpha value is -3.18. The van der Waals surface area contributed by atoms with Crippen LogP contribution in [0.2, 0.25) is 0 Å². The molecule has 204 valence electrons. The molecule has 0 saturated heterocycles. The third-order valence-corrected chi connectivity index (χ3v) is 7.32. The first-order valence-corrected chi connectivity index (χ1v) is 13.3. The Labute approximate surface area is 219 Å². The van der Waals surface area contributed by atoms with Crippen molar-refractivity contribution in [2.24, 2.45) is 0 Å². The third-order valence-electron chi connectivity index (χ3n) is 5.50. The van der Waals surface area contributed by atoms with Crippen LogP contribution >= 0.6 is 0 Å². The fraction of sp³-hybridized carbons (Fsp3) is 0.462. The third kappa shape index (κ3) is 8.16. The van der Waals surface area contributed by atoms with E-state index in [1.54, 1.807) is 31.2 Å². The van der Waals surface area contributed by atoms with Gasteiger partial charge in [-0.25, -0.2) is 8.70 Å². The van der Waals surface area contributed by atoms with E-state index >= 15 is 0 Å². The Balaban J connectivity index is 2.53. The number of hydrogen-bond acceptors (Lipinski definition) is 5. The van der Waals surface area contributed by atoms with Gasteiger partial charge in [-0.15, -0.1) is 0 Å². The minimum atomic E-state index is -4.12. The molecule has 0 bridgehead atoms. The summed E-state index contributed by atoms with van der Waals surface area (Å²) in [6, 6.07) is 11.0. The molecule has 0 aromatic heterocycles. The number of amides is 2. The Morgan fingerprint density at radius 3 is 2.22 bits per heavy atom. The summed E-state index contributed by atoms with van der Waals surface area (Å²) < 4.78 is 47.1. The van der Waals surface area contributed by atoms with Gasteiger partial charge in [0, 0.05) is 26.2 Å². The molecule has 11 heteroatoms. The molecular formula is C26H37FN4O5S. The molecule has 0 fully saturated rings. The summed E-state index contributed by atoms with van der Waals surface area (Å²) >= 11 is 0. The van der Waals surface area contributed by atoms with Crippen LogP contribution in [0, 0.1) is 5.82 Å². The summed E-state index contributed by atoms with van der Waals surface area (Å²) in [6.07, 6.45) is 0.300. The lowest BCUT2D eigenvalue weighted by atomic mass is 10.1. The maximum atomic E-state index is 13.8. The second kappa shape index (κ2) is 12.4. The van der Waals surface area contributed by atoms with Crippen molar-refractivity contribution in [3.8, 4) is 5.75 Å². The van der Waals surface area contributed by atoms with E-state index in [-0.39, 0.29) is 18.1 Å². The van der Waals surface area contributed by atoms with Gasteiger partial charge in [-0.1, -0.05) is 19.1 Å². The van der Waals surface area contributed by atoms with E-state index in [4.69, 9.17) is 4.74 Å². The average Bonchev–Trinajstić information content (AvgIpc) is 2.81. The number of carbonyl (C=O) groups excluding carboxylic acids is 2. The van der Waals surface area contributed by atoms with Crippen molar-refractivity contribution >= 4 is 27.7 Å². The molecule has 9 nitrogen and oxygen atoms in total. The Morgan fingerprint density at radius 1 is 1.08 bits per heavy atom. The summed E-state index contributed by atoms with van der Waals surface area (Å²) in [4.78, 5) is 28.4. The van der Waals surface area contributed by atoms with Crippen molar-refractivity contribution in [1.29, 1.82) is 0 Å². The van der Waals surface area contributed by atoms with E-state index in [0.717, 1.165) is 20.7 Å². The van der Waals surface area contributed by atoms with Crippen LogP contribution in [-0.4, -0.2) is 68.8 Å². The molecule has 37 heavy (non-hydrogen) atoms. The van der Waals surface area contributed by atoms with Gasteiger partial charge in [0.05, 0.1) is 12.8 Å². The lowest BCUT2D eigenvalue weighted by Crippen LogP contribution is -2.55. The highest BCUT2D eigenvalue weighted by Crippen LogP contribution is 2.23. The van der Waals surface area contributed by atoms with Crippen molar-refractivity contribution < 1.29 is 27.1 Å². The van der Waals surface area contributed by atoms with Crippen LogP contribution in [0.1, 0.15) is 39.7 Å². The van der Waals surface area contributed by atoms with Crippen LogP contribution in [0.5, 0.6) is 5.75 Å². The van der Waals surface area contributed by atoms with Crippen LogP contribution in [0.25, 0.3) is 0 Å². The summed E-state index contributed by atoms with van der Waals surface area (Å²) in [5.41, 5.74) is 0.291. The summed E-state index contributed by atoms with van der Waals surface area (Å²) in [5, 5.41) is 2.91. The quantitative estimate of drug-likeness (QED) is 0.476. The smallest absolute Gasteiger partial charge is 0.304 e. The van der Waals surface area contributed by atoms with E-state index in [1.165, 1.54) is 38.2 Å². The number of carbonyl (C=O) groups is 2. The first-order valence-electron chi connectivity index (χ1n) is 11.9. The Bertz CT molecular complexity index is 1180. The van der Waals surface area contributed by atoms with Gasteiger partial charge in [0.1, 0.15) is 24.2 Å². The number of anilines is 1. The van der Waals surface area contributed by atoms with E-state index in [0.29, 0.717) is 17.7 Å². The topological polar surface area (TPSA) is 99.3 Å². The monoisotopic (exact) mass is 536 g/mol. The highest BCUT2D eigenvalue weighted by Gasteiger charge is 2.34. The van der Waals surface area contributed by atoms with Gasteiger partial charge in [-0.2, -0.15) is 12.7 Å². The van der Waals surface area contributed by atoms with Gasteiger partial charge in [0.25, 0.3) is 0 Å². The standard InChI is InChI=1S/C26H37FN4O5S/c1-8-23(25(33)28-26(2,3)4)30(17-19-10-9-11-22(16-19)36-7)24(32)18-31(37(34,35)29(5)6)21-14-12-20(27)13-15-21/h9-16,23H,8,17-18H2,1-7H3,(H,28,33)/t23-/m0/s1. The zero-order valence-corrected chi connectivity index (χ0v) is 23.3. The first kappa shape index (κ1) is 30.0. The van der Waals surface area contributed by atoms with Gasteiger partial charge in [-0.05, 0) is 69.2 Å². The molecular weight excluding hydrogens is 499 g/mol. The highest BCUT2D eigenvalue weighted by molar-refractivity contribution is 7.90. The molecule has 2 rings (SSSR count). The first-order chi connectivity index (χ1) is 17.2. The summed E-state index contributed by atoms with van der Waals surface area (Å²) in [7, 11) is 0.0923. The fourth-order valence-electron chi connectivity index (χ4n) is 3.66. The van der Waals surface area contributed by atoms with Crippen LogP contribution in [-0.2, 0) is 26.3 Å². The molecule has 0 aliphatic carbocycles. The number of methoxy groups -OCH3 is 1. The number of rotatable bonds is 11. The highest BCUT2D eigenvalue weighted by atomic mass is 32.2. The minimum Gasteiger partial charge on any atom is -0.497 e. The zero-order valence-electron chi connectivity index (χ0n) is 22.5. The molecule has 0 aliphatic heterocycles. The van der Waals surface area contributed by atoms with Crippen LogP contribution in [0.3, 0.4) is 0 Å². The minimum absolute atomic E-state index is 0.0470. The van der Waals surface area contributed by atoms with Gasteiger partial charge in [0.15, 0.2) is 0 Å². The van der Waals surface area contributed by atoms with E-state index < -0.39 is 40.1 Å². The Morgan fingerprint density at radius 2 is 1.70 bits per heavy atom.